The molecule has 0 unspecified atom stereocenters. The van der Waals surface area contributed by atoms with Gasteiger partial charge in [-0.25, -0.2) is 14.5 Å². The summed E-state index contributed by atoms with van der Waals surface area (Å²) in [5, 5.41) is 16.1. The monoisotopic (exact) mass is 365 g/mol. The summed E-state index contributed by atoms with van der Waals surface area (Å²) in [5.41, 5.74) is 4.45. The molecule has 4 aromatic heterocycles. The lowest BCUT2D eigenvalue weighted by molar-refractivity contribution is 0.958. The van der Waals surface area contributed by atoms with Crippen LogP contribution >= 0.6 is 11.6 Å². The van der Waals surface area contributed by atoms with Gasteiger partial charge in [0.15, 0.2) is 11.0 Å². The number of pyridine rings is 1. The first-order valence-electron chi connectivity index (χ1n) is 8.07. The molecule has 0 aliphatic rings. The van der Waals surface area contributed by atoms with Crippen LogP contribution in [0.2, 0.25) is 5.15 Å². The van der Waals surface area contributed by atoms with E-state index >= 15 is 0 Å². The standard InChI is InChI=1S/C18H16ClN7/c1-10-7-16(21-12(3)20-10)22-17-9-14-8-13(4-5-26(14)25-17)15-6-11(2)23-24-18(15)19/h4-9H,1-3H3,(H,20,21,22,25). The zero-order valence-corrected chi connectivity index (χ0v) is 15.3. The molecule has 1 N–H and O–H groups in total. The van der Waals surface area contributed by atoms with Crippen LogP contribution in [0, 0.1) is 20.8 Å². The van der Waals surface area contributed by atoms with Gasteiger partial charge in [-0.2, -0.15) is 10.2 Å². The van der Waals surface area contributed by atoms with Crippen molar-refractivity contribution < 1.29 is 0 Å². The molecular formula is C18H16ClN7. The zero-order chi connectivity index (χ0) is 18.3. The van der Waals surface area contributed by atoms with Gasteiger partial charge in [0.25, 0.3) is 0 Å². The summed E-state index contributed by atoms with van der Waals surface area (Å²) >= 11 is 6.20. The van der Waals surface area contributed by atoms with E-state index < -0.39 is 0 Å². The van der Waals surface area contributed by atoms with E-state index in [4.69, 9.17) is 11.6 Å². The molecule has 0 bridgehead atoms. The second kappa shape index (κ2) is 6.34. The second-order valence-electron chi connectivity index (χ2n) is 6.07. The van der Waals surface area contributed by atoms with Crippen LogP contribution in [0.3, 0.4) is 0 Å². The highest BCUT2D eigenvalue weighted by atomic mass is 35.5. The molecule has 4 rings (SSSR count). The van der Waals surface area contributed by atoms with Gasteiger partial charge in [-0.05, 0) is 44.5 Å². The lowest BCUT2D eigenvalue weighted by Crippen LogP contribution is -1.99. The molecular weight excluding hydrogens is 350 g/mol. The molecule has 4 heterocycles. The van der Waals surface area contributed by atoms with Crippen molar-refractivity contribution in [3.8, 4) is 11.1 Å². The van der Waals surface area contributed by atoms with E-state index in [1.54, 1.807) is 4.52 Å². The second-order valence-corrected chi connectivity index (χ2v) is 6.43. The van der Waals surface area contributed by atoms with Crippen molar-refractivity contribution in [2.45, 2.75) is 20.8 Å². The minimum atomic E-state index is 0.379. The molecule has 0 amide bonds. The highest BCUT2D eigenvalue weighted by Gasteiger charge is 2.09. The fourth-order valence-electron chi connectivity index (χ4n) is 2.81. The highest BCUT2D eigenvalue weighted by Crippen LogP contribution is 2.28. The predicted octanol–water partition coefficient (Wildman–Crippen LogP) is 3.90. The molecule has 0 aliphatic heterocycles. The number of aromatic nitrogens is 6. The van der Waals surface area contributed by atoms with E-state index in [1.165, 1.54) is 0 Å². The molecule has 0 saturated heterocycles. The van der Waals surface area contributed by atoms with Gasteiger partial charge < -0.3 is 5.32 Å². The van der Waals surface area contributed by atoms with Crippen molar-refractivity contribution in [1.82, 2.24) is 29.8 Å². The minimum absolute atomic E-state index is 0.379. The molecule has 0 fully saturated rings. The molecule has 26 heavy (non-hydrogen) atoms. The van der Waals surface area contributed by atoms with Gasteiger partial charge in [0.1, 0.15) is 11.6 Å². The lowest BCUT2D eigenvalue weighted by Gasteiger charge is -2.04. The largest absolute Gasteiger partial charge is 0.323 e. The Morgan fingerprint density at radius 2 is 1.77 bits per heavy atom. The van der Waals surface area contributed by atoms with Gasteiger partial charge in [-0.3, -0.25) is 0 Å². The molecule has 0 spiro atoms. The maximum absolute atomic E-state index is 6.20. The van der Waals surface area contributed by atoms with Crippen LogP contribution in [0.15, 0.2) is 36.5 Å². The van der Waals surface area contributed by atoms with E-state index in [2.05, 4.69) is 30.6 Å². The van der Waals surface area contributed by atoms with Crippen LogP contribution in [0.25, 0.3) is 16.6 Å². The third-order valence-electron chi connectivity index (χ3n) is 3.87. The number of hydrogen-bond acceptors (Lipinski definition) is 6. The average Bonchev–Trinajstić information content (AvgIpc) is 2.97. The first-order valence-corrected chi connectivity index (χ1v) is 8.45. The van der Waals surface area contributed by atoms with Crippen molar-refractivity contribution in [2.24, 2.45) is 0 Å². The Morgan fingerprint density at radius 1 is 0.923 bits per heavy atom. The number of fused-ring (bicyclic) bond motifs is 1. The molecule has 0 radical (unpaired) electrons. The summed E-state index contributed by atoms with van der Waals surface area (Å²) in [6.07, 6.45) is 1.89. The average molecular weight is 366 g/mol. The SMILES string of the molecule is Cc1cc(-c2ccn3nc(Nc4cc(C)nc(C)n4)cc3c2)c(Cl)nn1. The fourth-order valence-corrected chi connectivity index (χ4v) is 3.01. The highest BCUT2D eigenvalue weighted by molar-refractivity contribution is 6.32. The van der Waals surface area contributed by atoms with Crippen molar-refractivity contribution in [1.29, 1.82) is 0 Å². The maximum atomic E-state index is 6.20. The zero-order valence-electron chi connectivity index (χ0n) is 14.5. The van der Waals surface area contributed by atoms with E-state index in [0.717, 1.165) is 33.8 Å². The van der Waals surface area contributed by atoms with E-state index in [9.17, 15) is 0 Å². The quantitative estimate of drug-likeness (QED) is 0.593. The van der Waals surface area contributed by atoms with Crippen molar-refractivity contribution in [3.05, 3.63) is 58.9 Å². The van der Waals surface area contributed by atoms with Crippen LogP contribution in [-0.4, -0.2) is 29.8 Å². The van der Waals surface area contributed by atoms with Crippen molar-refractivity contribution >= 4 is 28.8 Å². The number of aryl methyl sites for hydroxylation is 3. The third kappa shape index (κ3) is 3.21. The number of hydrogen-bond donors (Lipinski definition) is 1. The third-order valence-corrected chi connectivity index (χ3v) is 4.15. The summed E-state index contributed by atoms with van der Waals surface area (Å²) < 4.78 is 1.79. The Labute approximate surface area is 155 Å². The predicted molar refractivity (Wildman–Crippen MR) is 101 cm³/mol. The first kappa shape index (κ1) is 16.4. The van der Waals surface area contributed by atoms with Crippen LogP contribution < -0.4 is 5.32 Å². The van der Waals surface area contributed by atoms with Crippen LogP contribution in [0.4, 0.5) is 11.6 Å². The molecule has 8 heteroatoms. The van der Waals surface area contributed by atoms with E-state index in [1.807, 2.05) is 57.3 Å². The molecule has 0 atom stereocenters. The summed E-state index contributed by atoms with van der Waals surface area (Å²) in [7, 11) is 0. The molecule has 130 valence electrons. The minimum Gasteiger partial charge on any atom is -0.323 e. The molecule has 4 aromatic rings. The molecule has 7 nitrogen and oxygen atoms in total. The van der Waals surface area contributed by atoms with Gasteiger partial charge in [0.05, 0.1) is 11.2 Å². The van der Waals surface area contributed by atoms with Crippen LogP contribution in [0.5, 0.6) is 0 Å². The van der Waals surface area contributed by atoms with E-state index in [-0.39, 0.29) is 0 Å². The number of rotatable bonds is 3. The Balaban J connectivity index is 1.70. The lowest BCUT2D eigenvalue weighted by atomic mass is 10.1. The van der Waals surface area contributed by atoms with Gasteiger partial charge in [0.2, 0.25) is 0 Å². The van der Waals surface area contributed by atoms with E-state index in [0.29, 0.717) is 16.8 Å². The fraction of sp³-hybridized carbons (Fsp3) is 0.167. The van der Waals surface area contributed by atoms with Crippen LogP contribution in [-0.2, 0) is 0 Å². The maximum Gasteiger partial charge on any atom is 0.159 e. The summed E-state index contributed by atoms with van der Waals surface area (Å²) in [4.78, 5) is 8.66. The smallest absolute Gasteiger partial charge is 0.159 e. The normalized spacial score (nSPS) is 11.1. The number of nitrogens with one attached hydrogen (secondary N) is 1. The molecule has 0 aromatic carbocycles. The Bertz CT molecular complexity index is 1100. The van der Waals surface area contributed by atoms with Gasteiger partial charge in [-0.15, -0.1) is 5.10 Å². The summed E-state index contributed by atoms with van der Waals surface area (Å²) in [6, 6.07) is 9.71. The van der Waals surface area contributed by atoms with Crippen LogP contribution in [0.1, 0.15) is 17.2 Å². The topological polar surface area (TPSA) is 80.9 Å². The molecule has 0 aliphatic carbocycles. The van der Waals surface area contributed by atoms with Gasteiger partial charge in [-0.1, -0.05) is 11.6 Å². The Hall–Kier alpha value is -3.06. The first-order chi connectivity index (χ1) is 12.5. The number of anilines is 2. The number of halogens is 1. The van der Waals surface area contributed by atoms with Crippen molar-refractivity contribution in [3.63, 3.8) is 0 Å². The van der Waals surface area contributed by atoms with Gasteiger partial charge in [0, 0.05) is 29.6 Å². The Morgan fingerprint density at radius 3 is 2.58 bits per heavy atom. The summed E-state index contributed by atoms with van der Waals surface area (Å²) in [5.74, 6) is 2.14. The van der Waals surface area contributed by atoms with Gasteiger partial charge >= 0.3 is 0 Å². The summed E-state index contributed by atoms with van der Waals surface area (Å²) in [6.45, 7) is 5.69. The number of nitrogens with zero attached hydrogens (tertiary/aromatic N) is 6. The van der Waals surface area contributed by atoms with Crippen molar-refractivity contribution in [2.75, 3.05) is 5.32 Å². The Kier molecular flexibility index (Phi) is 4.00. The molecule has 0 saturated carbocycles.